The molecule has 1 heterocycles. The quantitative estimate of drug-likeness (QED) is 0.566. The average Bonchev–Trinajstić information content (AvgIpc) is 2.47. The van der Waals surface area contributed by atoms with E-state index in [0.717, 1.165) is 19.3 Å². The third-order valence-electron chi connectivity index (χ3n) is 4.05. The van der Waals surface area contributed by atoms with E-state index in [1.54, 1.807) is 7.11 Å². The Kier molecular flexibility index (Phi) is 5.18. The summed E-state index contributed by atoms with van der Waals surface area (Å²) in [5, 5.41) is 0. The number of methoxy groups -OCH3 is 1. The minimum atomic E-state index is -0.176. The number of ether oxygens (including phenoxy) is 2. The van der Waals surface area contributed by atoms with Gasteiger partial charge in [-0.1, -0.05) is 13.3 Å². The smallest absolute Gasteiger partial charge is 0.0741 e. The lowest BCUT2D eigenvalue weighted by atomic mass is 9.79. The third-order valence-corrected chi connectivity index (χ3v) is 4.05. The number of rotatable bonds is 6. The molecule has 0 aromatic rings. The Morgan fingerprint density at radius 2 is 2.00 bits per heavy atom. The molecular weight excluding hydrogens is 228 g/mol. The van der Waals surface area contributed by atoms with E-state index in [0.29, 0.717) is 5.92 Å². The Balaban J connectivity index is 2.87. The van der Waals surface area contributed by atoms with Gasteiger partial charge in [-0.25, -0.2) is 0 Å². The maximum absolute atomic E-state index is 6.15. The number of hydrogen-bond acceptors (Lipinski definition) is 4. The zero-order valence-corrected chi connectivity index (χ0v) is 12.7. The minimum Gasteiger partial charge on any atom is -0.380 e. The van der Waals surface area contributed by atoms with Gasteiger partial charge in [-0.3, -0.25) is 11.3 Å². The summed E-state index contributed by atoms with van der Waals surface area (Å²) in [6.45, 7) is 10.7. The Morgan fingerprint density at radius 1 is 1.39 bits per heavy atom. The molecule has 1 aliphatic heterocycles. The highest BCUT2D eigenvalue weighted by atomic mass is 16.5. The van der Waals surface area contributed by atoms with Crippen LogP contribution >= 0.6 is 0 Å². The first-order chi connectivity index (χ1) is 8.27. The average molecular weight is 258 g/mol. The summed E-state index contributed by atoms with van der Waals surface area (Å²) in [7, 11) is 1.76. The van der Waals surface area contributed by atoms with Gasteiger partial charge in [0.25, 0.3) is 0 Å². The van der Waals surface area contributed by atoms with Gasteiger partial charge in [-0.05, 0) is 40.5 Å². The normalized spacial score (nSPS) is 29.2. The highest BCUT2D eigenvalue weighted by Gasteiger charge is 2.50. The van der Waals surface area contributed by atoms with Crippen LogP contribution in [-0.2, 0) is 9.47 Å². The van der Waals surface area contributed by atoms with E-state index in [2.05, 4.69) is 40.0 Å². The van der Waals surface area contributed by atoms with Crippen molar-refractivity contribution < 1.29 is 9.47 Å². The van der Waals surface area contributed by atoms with Gasteiger partial charge in [0.05, 0.1) is 23.3 Å². The van der Waals surface area contributed by atoms with E-state index < -0.39 is 0 Å². The first kappa shape index (κ1) is 15.9. The SMILES string of the molecule is CCCC(OC)C(NN)C1CC(C)(C)OC1(C)C. The monoisotopic (exact) mass is 258 g/mol. The molecule has 3 N–H and O–H groups in total. The first-order valence-electron chi connectivity index (χ1n) is 6.96. The van der Waals surface area contributed by atoms with Crippen LogP contribution in [0.15, 0.2) is 0 Å². The fourth-order valence-electron chi connectivity index (χ4n) is 3.38. The van der Waals surface area contributed by atoms with E-state index in [9.17, 15) is 0 Å². The van der Waals surface area contributed by atoms with E-state index in [1.165, 1.54) is 0 Å². The van der Waals surface area contributed by atoms with Crippen LogP contribution in [-0.4, -0.2) is 30.5 Å². The Morgan fingerprint density at radius 3 is 2.33 bits per heavy atom. The van der Waals surface area contributed by atoms with Gasteiger partial charge in [0.1, 0.15) is 0 Å². The van der Waals surface area contributed by atoms with Crippen LogP contribution in [0.3, 0.4) is 0 Å². The van der Waals surface area contributed by atoms with Crippen LogP contribution in [0.5, 0.6) is 0 Å². The number of nitrogens with one attached hydrogen (secondary N) is 1. The summed E-state index contributed by atoms with van der Waals surface area (Å²) in [5.41, 5.74) is 2.70. The fourth-order valence-corrected chi connectivity index (χ4v) is 3.38. The van der Waals surface area contributed by atoms with Crippen LogP contribution in [0.1, 0.15) is 53.9 Å². The summed E-state index contributed by atoms with van der Waals surface area (Å²) < 4.78 is 11.8. The second-order valence-corrected chi connectivity index (χ2v) is 6.53. The molecule has 0 saturated carbocycles. The van der Waals surface area contributed by atoms with E-state index >= 15 is 0 Å². The van der Waals surface area contributed by atoms with Crippen molar-refractivity contribution in [2.45, 2.75) is 77.2 Å². The molecule has 1 fully saturated rings. The number of hydrazine groups is 1. The molecule has 108 valence electrons. The van der Waals surface area contributed by atoms with Crippen molar-refractivity contribution in [2.75, 3.05) is 7.11 Å². The molecule has 4 nitrogen and oxygen atoms in total. The molecular formula is C14H30N2O2. The number of hydrogen-bond donors (Lipinski definition) is 2. The Labute approximate surface area is 112 Å². The number of nitrogens with two attached hydrogens (primary N) is 1. The van der Waals surface area contributed by atoms with E-state index in [1.807, 2.05) is 0 Å². The van der Waals surface area contributed by atoms with Crippen molar-refractivity contribution >= 4 is 0 Å². The van der Waals surface area contributed by atoms with Crippen LogP contribution in [0, 0.1) is 5.92 Å². The zero-order chi connectivity index (χ0) is 14.0. The van der Waals surface area contributed by atoms with Gasteiger partial charge < -0.3 is 9.47 Å². The Hall–Kier alpha value is -0.160. The second-order valence-electron chi connectivity index (χ2n) is 6.53. The van der Waals surface area contributed by atoms with Crippen molar-refractivity contribution in [1.82, 2.24) is 5.43 Å². The highest BCUT2D eigenvalue weighted by Crippen LogP contribution is 2.44. The van der Waals surface area contributed by atoms with Crippen molar-refractivity contribution in [3.8, 4) is 0 Å². The summed E-state index contributed by atoms with van der Waals surface area (Å²) >= 11 is 0. The molecule has 3 atom stereocenters. The fraction of sp³-hybridized carbons (Fsp3) is 1.00. The molecule has 0 spiro atoms. The molecule has 0 radical (unpaired) electrons. The van der Waals surface area contributed by atoms with Crippen LogP contribution < -0.4 is 11.3 Å². The minimum absolute atomic E-state index is 0.0895. The maximum atomic E-state index is 6.15. The molecule has 1 aliphatic rings. The van der Waals surface area contributed by atoms with Gasteiger partial charge in [0, 0.05) is 13.0 Å². The van der Waals surface area contributed by atoms with Crippen molar-refractivity contribution in [1.29, 1.82) is 0 Å². The first-order valence-corrected chi connectivity index (χ1v) is 6.96. The van der Waals surface area contributed by atoms with Crippen LogP contribution in [0.4, 0.5) is 0 Å². The van der Waals surface area contributed by atoms with E-state index in [4.69, 9.17) is 15.3 Å². The van der Waals surface area contributed by atoms with Gasteiger partial charge >= 0.3 is 0 Å². The van der Waals surface area contributed by atoms with E-state index in [-0.39, 0.29) is 23.3 Å². The lowest BCUT2D eigenvalue weighted by molar-refractivity contribution is -0.0847. The summed E-state index contributed by atoms with van der Waals surface area (Å²) in [4.78, 5) is 0. The van der Waals surface area contributed by atoms with Crippen LogP contribution in [0.25, 0.3) is 0 Å². The van der Waals surface area contributed by atoms with Crippen molar-refractivity contribution in [3.05, 3.63) is 0 Å². The summed E-state index contributed by atoms with van der Waals surface area (Å²) in [6, 6.07) is 0.131. The molecule has 4 heteroatoms. The van der Waals surface area contributed by atoms with Crippen molar-refractivity contribution in [2.24, 2.45) is 11.8 Å². The predicted octanol–water partition coefficient (Wildman–Crippen LogP) is 2.23. The highest BCUT2D eigenvalue weighted by molar-refractivity contribution is 5.01. The molecule has 3 unspecified atom stereocenters. The molecule has 0 aromatic carbocycles. The standard InChI is InChI=1S/C14H30N2O2/c1-7-8-11(17-6)12(16-15)10-9-13(2,3)18-14(10,4)5/h10-12,16H,7-9,15H2,1-6H3. The molecule has 1 rings (SSSR count). The topological polar surface area (TPSA) is 56.5 Å². The summed E-state index contributed by atoms with van der Waals surface area (Å²) in [6.07, 6.45) is 3.24. The van der Waals surface area contributed by atoms with Gasteiger partial charge in [-0.2, -0.15) is 0 Å². The van der Waals surface area contributed by atoms with Gasteiger partial charge in [0.2, 0.25) is 0 Å². The molecule has 18 heavy (non-hydrogen) atoms. The molecule has 0 aromatic heterocycles. The lowest BCUT2D eigenvalue weighted by Gasteiger charge is -2.36. The Bertz CT molecular complexity index is 267. The maximum Gasteiger partial charge on any atom is 0.0741 e. The largest absolute Gasteiger partial charge is 0.380 e. The van der Waals surface area contributed by atoms with Crippen LogP contribution in [0.2, 0.25) is 0 Å². The van der Waals surface area contributed by atoms with Gasteiger partial charge in [-0.15, -0.1) is 0 Å². The van der Waals surface area contributed by atoms with Crippen molar-refractivity contribution in [3.63, 3.8) is 0 Å². The molecule has 1 saturated heterocycles. The lowest BCUT2D eigenvalue weighted by Crippen LogP contribution is -2.54. The molecule has 0 bridgehead atoms. The zero-order valence-electron chi connectivity index (χ0n) is 12.7. The van der Waals surface area contributed by atoms with Gasteiger partial charge in [0.15, 0.2) is 0 Å². The molecule has 0 aliphatic carbocycles. The predicted molar refractivity (Wildman–Crippen MR) is 74.2 cm³/mol. The summed E-state index contributed by atoms with van der Waals surface area (Å²) in [5.74, 6) is 6.14. The molecule has 0 amide bonds. The second kappa shape index (κ2) is 5.87. The third kappa shape index (κ3) is 3.44.